The Morgan fingerprint density at radius 1 is 1.24 bits per heavy atom. The Balaban J connectivity index is 2.29. The molecule has 1 aromatic heterocycles. The van der Waals surface area contributed by atoms with Crippen molar-refractivity contribution < 1.29 is 0 Å². The van der Waals surface area contributed by atoms with Crippen LogP contribution in [0.25, 0.3) is 5.69 Å². The van der Waals surface area contributed by atoms with E-state index in [0.717, 1.165) is 17.8 Å². The third kappa shape index (κ3) is 2.74. The summed E-state index contributed by atoms with van der Waals surface area (Å²) in [5.41, 5.74) is 8.40. The molecule has 17 heavy (non-hydrogen) atoms. The minimum atomic E-state index is 0.0395. The molecule has 0 aliphatic carbocycles. The van der Waals surface area contributed by atoms with E-state index in [9.17, 15) is 0 Å². The van der Waals surface area contributed by atoms with Crippen molar-refractivity contribution in [3.8, 4) is 5.69 Å². The molecule has 2 rings (SSSR count). The van der Waals surface area contributed by atoms with Crippen LogP contribution in [0, 0.1) is 5.92 Å². The number of nitrogens with two attached hydrogens (primary N) is 1. The zero-order valence-corrected chi connectivity index (χ0v) is 10.4. The van der Waals surface area contributed by atoms with Gasteiger partial charge in [0.05, 0.1) is 18.2 Å². The van der Waals surface area contributed by atoms with Gasteiger partial charge in [-0.05, 0) is 24.5 Å². The van der Waals surface area contributed by atoms with Gasteiger partial charge in [0.25, 0.3) is 0 Å². The maximum Gasteiger partial charge on any atom is 0.0994 e. The maximum absolute atomic E-state index is 6.22. The summed E-state index contributed by atoms with van der Waals surface area (Å²) in [5.74, 6) is 0.587. The van der Waals surface area contributed by atoms with Crippen LogP contribution in [0.4, 0.5) is 0 Å². The average molecular weight is 229 g/mol. The van der Waals surface area contributed by atoms with Gasteiger partial charge in [-0.15, -0.1) is 0 Å². The van der Waals surface area contributed by atoms with Crippen LogP contribution in [0.1, 0.15) is 32.0 Å². The molecule has 0 aliphatic rings. The number of imidazole rings is 1. The van der Waals surface area contributed by atoms with E-state index in [2.05, 4.69) is 35.5 Å². The van der Waals surface area contributed by atoms with Gasteiger partial charge >= 0.3 is 0 Å². The molecule has 1 atom stereocenters. The summed E-state index contributed by atoms with van der Waals surface area (Å²) >= 11 is 0. The molecule has 90 valence electrons. The van der Waals surface area contributed by atoms with Crippen LogP contribution in [0.3, 0.4) is 0 Å². The fraction of sp³-hybridized carbons (Fsp3) is 0.357. The SMILES string of the molecule is CC(C)CC(N)c1cncn1-c1ccccc1. The lowest BCUT2D eigenvalue weighted by Crippen LogP contribution is -2.16. The van der Waals surface area contributed by atoms with Crippen molar-refractivity contribution in [2.24, 2.45) is 11.7 Å². The summed E-state index contributed by atoms with van der Waals surface area (Å²) in [6.07, 6.45) is 4.66. The molecular weight excluding hydrogens is 210 g/mol. The van der Waals surface area contributed by atoms with Crippen LogP contribution in [-0.2, 0) is 0 Å². The van der Waals surface area contributed by atoms with E-state index in [-0.39, 0.29) is 6.04 Å². The van der Waals surface area contributed by atoms with E-state index in [0.29, 0.717) is 5.92 Å². The van der Waals surface area contributed by atoms with Gasteiger partial charge in [0, 0.05) is 11.7 Å². The van der Waals surface area contributed by atoms with E-state index in [1.54, 1.807) is 0 Å². The minimum absolute atomic E-state index is 0.0395. The first-order valence-corrected chi connectivity index (χ1v) is 6.01. The van der Waals surface area contributed by atoms with E-state index < -0.39 is 0 Å². The Labute approximate surface area is 102 Å². The predicted octanol–water partition coefficient (Wildman–Crippen LogP) is 2.92. The number of aromatic nitrogens is 2. The van der Waals surface area contributed by atoms with Crippen LogP contribution in [0.15, 0.2) is 42.9 Å². The van der Waals surface area contributed by atoms with Crippen molar-refractivity contribution in [2.45, 2.75) is 26.3 Å². The van der Waals surface area contributed by atoms with Crippen molar-refractivity contribution in [3.05, 3.63) is 48.5 Å². The molecule has 0 aliphatic heterocycles. The number of para-hydroxylation sites is 1. The van der Waals surface area contributed by atoms with Crippen molar-refractivity contribution >= 4 is 0 Å². The van der Waals surface area contributed by atoms with Gasteiger partial charge in [-0.2, -0.15) is 0 Å². The molecule has 2 aromatic rings. The lowest BCUT2D eigenvalue weighted by Gasteiger charge is -2.16. The molecule has 0 amide bonds. The predicted molar refractivity (Wildman–Crippen MR) is 69.9 cm³/mol. The second-order valence-corrected chi connectivity index (χ2v) is 4.76. The third-order valence-electron chi connectivity index (χ3n) is 2.81. The monoisotopic (exact) mass is 229 g/mol. The highest BCUT2D eigenvalue weighted by atomic mass is 15.1. The topological polar surface area (TPSA) is 43.8 Å². The average Bonchev–Trinajstić information content (AvgIpc) is 2.78. The first-order valence-electron chi connectivity index (χ1n) is 6.01. The standard InChI is InChI=1S/C14H19N3/c1-11(2)8-13(15)14-9-16-10-17(14)12-6-4-3-5-7-12/h3-7,9-11,13H,8,15H2,1-2H3. The van der Waals surface area contributed by atoms with Gasteiger partial charge in [0.2, 0.25) is 0 Å². The van der Waals surface area contributed by atoms with Crippen LogP contribution in [0.2, 0.25) is 0 Å². The first kappa shape index (κ1) is 11.9. The number of hydrogen-bond acceptors (Lipinski definition) is 2. The van der Waals surface area contributed by atoms with E-state index in [4.69, 9.17) is 5.73 Å². The van der Waals surface area contributed by atoms with Crippen LogP contribution in [-0.4, -0.2) is 9.55 Å². The fourth-order valence-corrected chi connectivity index (χ4v) is 2.01. The molecule has 0 saturated carbocycles. The third-order valence-corrected chi connectivity index (χ3v) is 2.81. The maximum atomic E-state index is 6.22. The summed E-state index contributed by atoms with van der Waals surface area (Å²) in [4.78, 5) is 4.21. The number of hydrogen-bond donors (Lipinski definition) is 1. The zero-order chi connectivity index (χ0) is 12.3. The lowest BCUT2D eigenvalue weighted by atomic mass is 10.0. The molecule has 0 radical (unpaired) electrons. The molecule has 3 nitrogen and oxygen atoms in total. The molecule has 1 aromatic carbocycles. The molecule has 2 N–H and O–H groups in total. The lowest BCUT2D eigenvalue weighted by molar-refractivity contribution is 0.498. The Morgan fingerprint density at radius 3 is 2.59 bits per heavy atom. The van der Waals surface area contributed by atoms with Gasteiger partial charge < -0.3 is 10.3 Å². The highest BCUT2D eigenvalue weighted by Gasteiger charge is 2.13. The molecule has 0 spiro atoms. The normalized spacial score (nSPS) is 12.9. The van der Waals surface area contributed by atoms with E-state index in [1.165, 1.54) is 0 Å². The highest BCUT2D eigenvalue weighted by Crippen LogP contribution is 2.21. The summed E-state index contributed by atoms with van der Waals surface area (Å²) in [6.45, 7) is 4.37. The van der Waals surface area contributed by atoms with E-state index in [1.807, 2.05) is 30.7 Å². The quantitative estimate of drug-likeness (QED) is 0.876. The molecule has 3 heteroatoms. The largest absolute Gasteiger partial charge is 0.323 e. The minimum Gasteiger partial charge on any atom is -0.323 e. The summed E-state index contributed by atoms with van der Waals surface area (Å²) in [6, 6.07) is 10.2. The van der Waals surface area contributed by atoms with Crippen LogP contribution < -0.4 is 5.73 Å². The summed E-state index contributed by atoms with van der Waals surface area (Å²) < 4.78 is 2.06. The number of benzene rings is 1. The Hall–Kier alpha value is -1.61. The molecule has 0 bridgehead atoms. The van der Waals surface area contributed by atoms with Crippen molar-refractivity contribution in [1.82, 2.24) is 9.55 Å². The van der Waals surface area contributed by atoms with Gasteiger partial charge in [-0.1, -0.05) is 32.0 Å². The molecule has 0 fully saturated rings. The van der Waals surface area contributed by atoms with Gasteiger partial charge in [-0.3, -0.25) is 0 Å². The highest BCUT2D eigenvalue weighted by molar-refractivity contribution is 5.33. The summed E-state index contributed by atoms with van der Waals surface area (Å²) in [5, 5.41) is 0. The second-order valence-electron chi connectivity index (χ2n) is 4.76. The Morgan fingerprint density at radius 2 is 1.94 bits per heavy atom. The smallest absolute Gasteiger partial charge is 0.0994 e. The van der Waals surface area contributed by atoms with Gasteiger partial charge in [0.15, 0.2) is 0 Å². The fourth-order valence-electron chi connectivity index (χ4n) is 2.01. The van der Waals surface area contributed by atoms with Gasteiger partial charge in [0.1, 0.15) is 0 Å². The molecule has 0 saturated heterocycles. The Bertz CT molecular complexity index is 459. The Kier molecular flexibility index (Phi) is 3.59. The molecule has 1 heterocycles. The molecular formula is C14H19N3. The zero-order valence-electron chi connectivity index (χ0n) is 10.4. The first-order chi connectivity index (χ1) is 8.18. The number of rotatable bonds is 4. The van der Waals surface area contributed by atoms with Crippen LogP contribution in [0.5, 0.6) is 0 Å². The molecule has 1 unspecified atom stereocenters. The van der Waals surface area contributed by atoms with Gasteiger partial charge in [-0.25, -0.2) is 4.98 Å². The van der Waals surface area contributed by atoms with Crippen molar-refractivity contribution in [2.75, 3.05) is 0 Å². The van der Waals surface area contributed by atoms with E-state index >= 15 is 0 Å². The summed E-state index contributed by atoms with van der Waals surface area (Å²) in [7, 11) is 0. The second kappa shape index (κ2) is 5.15. The van der Waals surface area contributed by atoms with Crippen molar-refractivity contribution in [1.29, 1.82) is 0 Å². The number of nitrogens with zero attached hydrogens (tertiary/aromatic N) is 2. The van der Waals surface area contributed by atoms with Crippen molar-refractivity contribution in [3.63, 3.8) is 0 Å². The van der Waals surface area contributed by atoms with Crippen LogP contribution >= 0.6 is 0 Å².